The molecule has 3 N–H and O–H groups in total. The van der Waals surface area contributed by atoms with E-state index in [2.05, 4.69) is 10.1 Å². The molecule has 180 valence electrons. The van der Waals surface area contributed by atoms with Crippen LogP contribution in [0.1, 0.15) is 38.1 Å². The molecule has 1 aliphatic carbocycles. The summed E-state index contributed by atoms with van der Waals surface area (Å²) in [7, 11) is 3.11. The average Bonchev–Trinajstić information content (AvgIpc) is 3.43. The number of fused-ring (bicyclic) bond motifs is 4. The van der Waals surface area contributed by atoms with E-state index in [-0.39, 0.29) is 17.2 Å². The predicted octanol–water partition coefficient (Wildman–Crippen LogP) is 4.81. The van der Waals surface area contributed by atoms with E-state index >= 15 is 0 Å². The maximum Gasteiger partial charge on any atom is 0.274 e. The molecule has 1 saturated carbocycles. The zero-order chi connectivity index (χ0) is 24.3. The number of methoxy groups -OCH3 is 2. The molecule has 0 bridgehead atoms. The third-order valence-electron chi connectivity index (χ3n) is 7.05. The van der Waals surface area contributed by atoms with Gasteiger partial charge in [0.2, 0.25) is 11.2 Å². The van der Waals surface area contributed by atoms with E-state index in [1.807, 2.05) is 10.7 Å². The normalized spacial score (nSPS) is 14.8. The van der Waals surface area contributed by atoms with Gasteiger partial charge in [0.1, 0.15) is 5.65 Å². The Morgan fingerprint density at radius 1 is 1.00 bits per heavy atom. The molecule has 0 saturated heterocycles. The third-order valence-corrected chi connectivity index (χ3v) is 7.05. The fraction of sp³-hybridized carbons (Fsp3) is 0.308. The number of benzene rings is 2. The molecule has 2 aromatic carbocycles. The summed E-state index contributed by atoms with van der Waals surface area (Å²) in [6.45, 7) is 0. The van der Waals surface area contributed by atoms with Crippen LogP contribution in [0.5, 0.6) is 17.2 Å². The van der Waals surface area contributed by atoms with Crippen molar-refractivity contribution in [2.24, 2.45) is 0 Å². The Bertz CT molecular complexity index is 1720. The molecule has 35 heavy (non-hydrogen) atoms. The Morgan fingerprint density at radius 3 is 2.51 bits per heavy atom. The number of aromatic amines is 2. The van der Waals surface area contributed by atoms with E-state index in [4.69, 9.17) is 13.9 Å². The first kappa shape index (κ1) is 21.4. The van der Waals surface area contributed by atoms with Gasteiger partial charge < -0.3 is 24.0 Å². The van der Waals surface area contributed by atoms with Crippen molar-refractivity contribution in [3.8, 4) is 28.4 Å². The summed E-state index contributed by atoms with van der Waals surface area (Å²) in [4.78, 5) is 28.9. The van der Waals surface area contributed by atoms with Crippen LogP contribution < -0.4 is 20.5 Å². The number of aromatic nitrogens is 3. The molecular weight excluding hydrogens is 450 g/mol. The number of aromatic hydroxyl groups is 1. The molecule has 1 aliphatic rings. The fourth-order valence-electron chi connectivity index (χ4n) is 5.34. The molecule has 9 heteroatoms. The van der Waals surface area contributed by atoms with Crippen molar-refractivity contribution < 1.29 is 19.0 Å². The van der Waals surface area contributed by atoms with Gasteiger partial charge >= 0.3 is 0 Å². The number of rotatable bonds is 4. The standard InChI is InChI=1S/C26H25N3O6/c1-33-17-11-8-13(12-18(17)34-2)19-20-25(29(28-26(20)32)14-6-4-3-5-7-14)27-21-15-9-10-16(30)22(31)23(15)35-24(19)21/h8-12,14,27,31H,3-7H2,1-2H3,(H,28,32). The van der Waals surface area contributed by atoms with Crippen molar-refractivity contribution in [3.63, 3.8) is 0 Å². The highest BCUT2D eigenvalue weighted by molar-refractivity contribution is 6.15. The smallest absolute Gasteiger partial charge is 0.274 e. The van der Waals surface area contributed by atoms with Gasteiger partial charge in [0.15, 0.2) is 22.7 Å². The minimum atomic E-state index is -0.529. The minimum Gasteiger partial charge on any atom is -0.502 e. The Kier molecular flexibility index (Phi) is 4.87. The number of nitrogens with one attached hydrogen (secondary N) is 2. The van der Waals surface area contributed by atoms with Crippen molar-refractivity contribution in [2.75, 3.05) is 14.2 Å². The average molecular weight is 476 g/mol. The Morgan fingerprint density at radius 2 is 1.77 bits per heavy atom. The second-order valence-electron chi connectivity index (χ2n) is 8.99. The molecule has 0 aliphatic heterocycles. The van der Waals surface area contributed by atoms with Crippen molar-refractivity contribution >= 4 is 33.1 Å². The van der Waals surface area contributed by atoms with Crippen LogP contribution in [0.4, 0.5) is 0 Å². The van der Waals surface area contributed by atoms with Crippen LogP contribution in [-0.2, 0) is 0 Å². The van der Waals surface area contributed by atoms with E-state index in [9.17, 15) is 14.7 Å². The number of ether oxygens (including phenoxy) is 2. The van der Waals surface area contributed by atoms with Gasteiger partial charge in [-0.1, -0.05) is 25.3 Å². The van der Waals surface area contributed by atoms with E-state index < -0.39 is 11.2 Å². The van der Waals surface area contributed by atoms with Crippen molar-refractivity contribution in [1.29, 1.82) is 0 Å². The third kappa shape index (κ3) is 3.14. The summed E-state index contributed by atoms with van der Waals surface area (Å²) < 4.78 is 18.9. The first-order chi connectivity index (χ1) is 17.0. The van der Waals surface area contributed by atoms with Crippen molar-refractivity contribution in [1.82, 2.24) is 14.8 Å². The summed E-state index contributed by atoms with van der Waals surface area (Å²) in [5, 5.41) is 14.5. The first-order valence-electron chi connectivity index (χ1n) is 11.7. The van der Waals surface area contributed by atoms with Crippen LogP contribution in [0.25, 0.3) is 44.2 Å². The second-order valence-corrected chi connectivity index (χ2v) is 8.99. The largest absolute Gasteiger partial charge is 0.502 e. The summed E-state index contributed by atoms with van der Waals surface area (Å²) in [6.07, 6.45) is 5.35. The van der Waals surface area contributed by atoms with E-state index in [0.717, 1.165) is 25.7 Å². The lowest BCUT2D eigenvalue weighted by Crippen LogP contribution is -2.16. The van der Waals surface area contributed by atoms with Gasteiger partial charge in [-0.05, 0) is 42.7 Å². The van der Waals surface area contributed by atoms with E-state index in [0.29, 0.717) is 50.1 Å². The Hall–Kier alpha value is -4.14. The molecule has 3 heterocycles. The quantitative estimate of drug-likeness (QED) is 0.343. The van der Waals surface area contributed by atoms with Gasteiger partial charge in [0.25, 0.3) is 5.56 Å². The molecule has 3 aromatic heterocycles. The van der Waals surface area contributed by atoms with Crippen molar-refractivity contribution in [3.05, 3.63) is 50.9 Å². The highest BCUT2D eigenvalue weighted by Gasteiger charge is 2.26. The van der Waals surface area contributed by atoms with Crippen LogP contribution in [0.3, 0.4) is 0 Å². The number of furan rings is 1. The molecule has 0 radical (unpaired) electrons. The minimum absolute atomic E-state index is 0.0822. The maximum absolute atomic E-state index is 13.4. The maximum atomic E-state index is 13.4. The summed E-state index contributed by atoms with van der Waals surface area (Å²) >= 11 is 0. The van der Waals surface area contributed by atoms with Gasteiger partial charge in [0, 0.05) is 10.9 Å². The highest BCUT2D eigenvalue weighted by Crippen LogP contribution is 2.42. The van der Waals surface area contributed by atoms with Gasteiger partial charge in [-0.2, -0.15) is 0 Å². The van der Waals surface area contributed by atoms with Gasteiger partial charge in [-0.25, -0.2) is 0 Å². The lowest BCUT2D eigenvalue weighted by Gasteiger charge is -2.23. The number of nitrogens with zero attached hydrogens (tertiary/aromatic N) is 1. The lowest BCUT2D eigenvalue weighted by atomic mass is 9.95. The molecule has 0 amide bonds. The summed E-state index contributed by atoms with van der Waals surface area (Å²) in [5.74, 6) is 0.598. The SMILES string of the molecule is COc1ccc(-c2c3oc4c(O)c(=O)ccc4c3[nH]c3c2c(=O)[nH]n3C2CCCCC2)cc1OC. The van der Waals surface area contributed by atoms with Gasteiger partial charge in [-0.15, -0.1) is 0 Å². The first-order valence-corrected chi connectivity index (χ1v) is 11.7. The molecule has 0 unspecified atom stereocenters. The lowest BCUT2D eigenvalue weighted by molar-refractivity contribution is 0.335. The molecule has 0 atom stereocenters. The Balaban J connectivity index is 1.77. The second kappa shape index (κ2) is 7.97. The molecular formula is C26H25N3O6. The summed E-state index contributed by atoms with van der Waals surface area (Å²) in [6, 6.07) is 8.49. The van der Waals surface area contributed by atoms with E-state index in [1.54, 1.807) is 32.4 Å². The van der Waals surface area contributed by atoms with Crippen molar-refractivity contribution in [2.45, 2.75) is 38.1 Å². The summed E-state index contributed by atoms with van der Waals surface area (Å²) in [5.41, 5.74) is 2.14. The molecule has 5 aromatic rings. The van der Waals surface area contributed by atoms with Crippen LogP contribution in [-0.4, -0.2) is 34.1 Å². The molecule has 9 nitrogen and oxygen atoms in total. The number of phenols is 1. The van der Waals surface area contributed by atoms with E-state index in [1.165, 1.54) is 12.5 Å². The number of hydrogen-bond donors (Lipinski definition) is 3. The predicted molar refractivity (Wildman–Crippen MR) is 133 cm³/mol. The van der Waals surface area contributed by atoms with Gasteiger partial charge in [0.05, 0.1) is 31.2 Å². The fourth-order valence-corrected chi connectivity index (χ4v) is 5.34. The van der Waals surface area contributed by atoms with Crippen LogP contribution in [0.2, 0.25) is 0 Å². The molecule has 1 fully saturated rings. The molecule has 0 spiro atoms. The number of H-pyrrole nitrogens is 2. The van der Waals surface area contributed by atoms with Crippen LogP contribution >= 0.6 is 0 Å². The topological polar surface area (TPSA) is 122 Å². The zero-order valence-corrected chi connectivity index (χ0v) is 19.4. The zero-order valence-electron chi connectivity index (χ0n) is 19.4. The van der Waals surface area contributed by atoms with Crippen LogP contribution in [0, 0.1) is 0 Å². The number of phenolic OH excluding ortho intramolecular Hbond substituents is 1. The Labute approximate surface area is 198 Å². The molecule has 6 rings (SSSR count). The number of pyridine rings is 1. The monoisotopic (exact) mass is 475 g/mol. The number of hydrogen-bond acceptors (Lipinski definition) is 6. The highest BCUT2D eigenvalue weighted by atomic mass is 16.5. The van der Waals surface area contributed by atoms with Crippen LogP contribution in [0.15, 0.2) is 44.3 Å². The van der Waals surface area contributed by atoms with Gasteiger partial charge in [-0.3, -0.25) is 19.4 Å².